The van der Waals surface area contributed by atoms with Crippen LogP contribution in [-0.2, 0) is 4.79 Å². The molecule has 0 heterocycles. The minimum Gasteiger partial charge on any atom is -0.307 e. The molecule has 1 atom stereocenters. The van der Waals surface area contributed by atoms with Crippen molar-refractivity contribution in [2.45, 2.75) is 33.7 Å². The normalized spacial score (nSPS) is 12.6. The monoisotopic (exact) mass is 205 g/mol. The summed E-state index contributed by atoms with van der Waals surface area (Å²) in [6, 6.07) is 4.07. The van der Waals surface area contributed by atoms with E-state index in [4.69, 9.17) is 0 Å². The molecule has 1 N–H and O–H groups in total. The quantitative estimate of drug-likeness (QED) is 0.821. The van der Waals surface area contributed by atoms with Gasteiger partial charge in [-0.2, -0.15) is 0 Å². The standard InChI is InChI=1S/C13H19NO/c1-8-6-9(2)12(10(3)7-8)13(14-5)11(4)15/h6-7,13-14H,1-5H3. The molecule has 0 saturated heterocycles. The Morgan fingerprint density at radius 1 is 1.20 bits per heavy atom. The molecule has 1 rings (SSSR count). The summed E-state index contributed by atoms with van der Waals surface area (Å²) in [5, 5.41) is 3.07. The highest BCUT2D eigenvalue weighted by Gasteiger charge is 2.18. The van der Waals surface area contributed by atoms with Gasteiger partial charge >= 0.3 is 0 Å². The molecule has 1 unspecified atom stereocenters. The molecule has 0 aliphatic carbocycles. The number of rotatable bonds is 3. The van der Waals surface area contributed by atoms with E-state index in [0.717, 1.165) is 5.56 Å². The molecule has 0 radical (unpaired) electrons. The molecule has 0 spiro atoms. The predicted molar refractivity (Wildman–Crippen MR) is 63.1 cm³/mol. The molecule has 0 aliphatic rings. The van der Waals surface area contributed by atoms with Crippen LogP contribution in [0.25, 0.3) is 0 Å². The number of nitrogens with one attached hydrogen (secondary N) is 1. The average Bonchev–Trinajstić information content (AvgIpc) is 2.09. The van der Waals surface area contributed by atoms with Crippen molar-refractivity contribution < 1.29 is 4.79 Å². The maximum Gasteiger partial charge on any atom is 0.151 e. The third-order valence-corrected chi connectivity index (χ3v) is 2.72. The molecule has 0 bridgehead atoms. The third-order valence-electron chi connectivity index (χ3n) is 2.72. The first-order chi connectivity index (χ1) is 6.97. The van der Waals surface area contributed by atoms with Gasteiger partial charge in [-0.25, -0.2) is 0 Å². The van der Waals surface area contributed by atoms with Crippen LogP contribution in [0.4, 0.5) is 0 Å². The highest BCUT2D eigenvalue weighted by Crippen LogP contribution is 2.23. The number of aryl methyl sites for hydroxylation is 3. The van der Waals surface area contributed by atoms with Gasteiger partial charge < -0.3 is 5.32 Å². The second-order valence-electron chi connectivity index (χ2n) is 4.14. The van der Waals surface area contributed by atoms with Crippen molar-refractivity contribution in [3.8, 4) is 0 Å². The van der Waals surface area contributed by atoms with Crippen molar-refractivity contribution in [3.05, 3.63) is 34.4 Å². The van der Waals surface area contributed by atoms with Crippen LogP contribution in [0.3, 0.4) is 0 Å². The molecule has 1 aromatic carbocycles. The van der Waals surface area contributed by atoms with Crippen LogP contribution in [0.5, 0.6) is 0 Å². The summed E-state index contributed by atoms with van der Waals surface area (Å²) in [6.45, 7) is 7.82. The van der Waals surface area contributed by atoms with Crippen molar-refractivity contribution in [1.82, 2.24) is 5.32 Å². The summed E-state index contributed by atoms with van der Waals surface area (Å²) in [5.74, 6) is 0.160. The van der Waals surface area contributed by atoms with Gasteiger partial charge in [0.15, 0.2) is 5.78 Å². The fraction of sp³-hybridized carbons (Fsp3) is 0.462. The Labute approximate surface area is 91.7 Å². The van der Waals surface area contributed by atoms with Crippen LogP contribution in [0.1, 0.15) is 35.2 Å². The summed E-state index contributed by atoms with van der Waals surface area (Å²) in [5.41, 5.74) is 4.73. The van der Waals surface area contributed by atoms with Crippen LogP contribution >= 0.6 is 0 Å². The van der Waals surface area contributed by atoms with Gasteiger partial charge in [-0.05, 0) is 51.4 Å². The first-order valence-corrected chi connectivity index (χ1v) is 5.22. The number of ketones is 1. The van der Waals surface area contributed by atoms with E-state index in [2.05, 4.69) is 38.2 Å². The lowest BCUT2D eigenvalue weighted by Gasteiger charge is -2.19. The number of hydrogen-bond acceptors (Lipinski definition) is 2. The number of carbonyl (C=O) groups excluding carboxylic acids is 1. The van der Waals surface area contributed by atoms with Crippen LogP contribution in [0, 0.1) is 20.8 Å². The maximum atomic E-state index is 11.5. The molecule has 2 nitrogen and oxygen atoms in total. The van der Waals surface area contributed by atoms with Gasteiger partial charge in [0.25, 0.3) is 0 Å². The second-order valence-corrected chi connectivity index (χ2v) is 4.14. The molecule has 0 amide bonds. The first kappa shape index (κ1) is 11.9. The Hall–Kier alpha value is -1.15. The Balaban J connectivity index is 3.29. The first-order valence-electron chi connectivity index (χ1n) is 5.22. The van der Waals surface area contributed by atoms with Crippen molar-refractivity contribution in [1.29, 1.82) is 0 Å². The highest BCUT2D eigenvalue weighted by atomic mass is 16.1. The van der Waals surface area contributed by atoms with Crippen LogP contribution in [0.15, 0.2) is 12.1 Å². The summed E-state index contributed by atoms with van der Waals surface area (Å²) < 4.78 is 0. The number of Topliss-reactive ketones (excluding diaryl/α,β-unsaturated/α-hetero) is 1. The van der Waals surface area contributed by atoms with Crippen LogP contribution in [-0.4, -0.2) is 12.8 Å². The minimum atomic E-state index is -0.175. The smallest absolute Gasteiger partial charge is 0.151 e. The van der Waals surface area contributed by atoms with Crippen LogP contribution < -0.4 is 5.32 Å². The largest absolute Gasteiger partial charge is 0.307 e. The summed E-state index contributed by atoms with van der Waals surface area (Å²) in [4.78, 5) is 11.5. The number of likely N-dealkylation sites (N-methyl/N-ethyl adjacent to an activating group) is 1. The SMILES string of the molecule is CNC(C(C)=O)c1c(C)cc(C)cc1C. The van der Waals surface area contributed by atoms with Gasteiger partial charge in [0, 0.05) is 0 Å². The fourth-order valence-electron chi connectivity index (χ4n) is 2.20. The van der Waals surface area contributed by atoms with E-state index < -0.39 is 0 Å². The molecule has 0 saturated carbocycles. The minimum absolute atomic E-state index is 0.160. The molecule has 82 valence electrons. The van der Waals surface area contributed by atoms with Gasteiger partial charge in [-0.15, -0.1) is 0 Å². The molecular weight excluding hydrogens is 186 g/mol. The molecule has 1 aromatic rings. The number of benzene rings is 1. The van der Waals surface area contributed by atoms with E-state index in [1.54, 1.807) is 6.92 Å². The fourth-order valence-corrected chi connectivity index (χ4v) is 2.20. The molecule has 0 fully saturated rings. The lowest BCUT2D eigenvalue weighted by Crippen LogP contribution is -2.25. The summed E-state index contributed by atoms with van der Waals surface area (Å²) in [7, 11) is 1.82. The third kappa shape index (κ3) is 2.45. The van der Waals surface area contributed by atoms with E-state index >= 15 is 0 Å². The zero-order valence-electron chi connectivity index (χ0n) is 10.1. The van der Waals surface area contributed by atoms with Gasteiger partial charge in [0.05, 0.1) is 6.04 Å². The van der Waals surface area contributed by atoms with E-state index in [9.17, 15) is 4.79 Å². The van der Waals surface area contributed by atoms with Gasteiger partial charge in [-0.3, -0.25) is 4.79 Å². The van der Waals surface area contributed by atoms with Gasteiger partial charge in [0.1, 0.15) is 0 Å². The highest BCUT2D eigenvalue weighted by molar-refractivity contribution is 5.83. The van der Waals surface area contributed by atoms with E-state index in [1.165, 1.54) is 16.7 Å². The molecule has 2 heteroatoms. The topological polar surface area (TPSA) is 29.1 Å². The zero-order valence-corrected chi connectivity index (χ0v) is 10.1. The summed E-state index contributed by atoms with van der Waals surface area (Å²) in [6.07, 6.45) is 0. The van der Waals surface area contributed by atoms with Crippen LogP contribution in [0.2, 0.25) is 0 Å². The van der Waals surface area contributed by atoms with Crippen molar-refractivity contribution in [2.24, 2.45) is 0 Å². The Kier molecular flexibility index (Phi) is 3.64. The Morgan fingerprint density at radius 3 is 2.00 bits per heavy atom. The summed E-state index contributed by atoms with van der Waals surface area (Å²) >= 11 is 0. The number of hydrogen-bond donors (Lipinski definition) is 1. The molecule has 0 aliphatic heterocycles. The van der Waals surface area contributed by atoms with Crippen molar-refractivity contribution >= 4 is 5.78 Å². The van der Waals surface area contributed by atoms with Gasteiger partial charge in [-0.1, -0.05) is 17.7 Å². The van der Waals surface area contributed by atoms with E-state index in [0.29, 0.717) is 0 Å². The molecule has 0 aromatic heterocycles. The molecule has 15 heavy (non-hydrogen) atoms. The number of carbonyl (C=O) groups is 1. The zero-order chi connectivity index (χ0) is 11.6. The van der Waals surface area contributed by atoms with Crippen molar-refractivity contribution in [2.75, 3.05) is 7.05 Å². The lowest BCUT2D eigenvalue weighted by atomic mass is 9.92. The molecular formula is C13H19NO. The maximum absolute atomic E-state index is 11.5. The van der Waals surface area contributed by atoms with Gasteiger partial charge in [0.2, 0.25) is 0 Å². The Morgan fingerprint density at radius 2 is 1.67 bits per heavy atom. The van der Waals surface area contributed by atoms with E-state index in [1.807, 2.05) is 7.05 Å². The van der Waals surface area contributed by atoms with Crippen molar-refractivity contribution in [3.63, 3.8) is 0 Å². The Bertz CT molecular complexity index is 359. The van der Waals surface area contributed by atoms with E-state index in [-0.39, 0.29) is 11.8 Å². The average molecular weight is 205 g/mol. The second kappa shape index (κ2) is 4.58. The predicted octanol–water partition coefficient (Wildman–Crippen LogP) is 2.46. The lowest BCUT2D eigenvalue weighted by molar-refractivity contribution is -0.119.